The second-order valence-electron chi connectivity index (χ2n) is 6.15. The molecule has 0 atom stereocenters. The van der Waals surface area contributed by atoms with Crippen molar-refractivity contribution in [2.75, 3.05) is 7.11 Å². The lowest BCUT2D eigenvalue weighted by Gasteiger charge is -2.36. The van der Waals surface area contributed by atoms with Gasteiger partial charge in [0, 0.05) is 18.3 Å². The predicted octanol–water partition coefficient (Wildman–Crippen LogP) is 2.86. The molecule has 0 bridgehead atoms. The van der Waals surface area contributed by atoms with Crippen LogP contribution >= 0.6 is 0 Å². The largest absolute Gasteiger partial charge is 0.481 e. The maximum Gasteiger partial charge on any atom is 0.407 e. The first-order chi connectivity index (χ1) is 9.37. The number of ether oxygens (including phenoxy) is 2. The molecule has 1 saturated carbocycles. The third kappa shape index (κ3) is 3.85. The van der Waals surface area contributed by atoms with E-state index >= 15 is 0 Å². The number of hydrogen-bond acceptors (Lipinski definition) is 4. The molecule has 5 heteroatoms. The molecule has 1 aromatic rings. The van der Waals surface area contributed by atoms with Crippen LogP contribution in [0.15, 0.2) is 18.3 Å². The van der Waals surface area contributed by atoms with Crippen molar-refractivity contribution in [1.29, 1.82) is 0 Å². The summed E-state index contributed by atoms with van der Waals surface area (Å²) >= 11 is 0. The number of amides is 1. The molecule has 1 fully saturated rings. The minimum atomic E-state index is -0.451. The Hall–Kier alpha value is -1.78. The monoisotopic (exact) mass is 278 g/mol. The zero-order valence-corrected chi connectivity index (χ0v) is 12.5. The van der Waals surface area contributed by atoms with Crippen LogP contribution in [-0.2, 0) is 4.74 Å². The van der Waals surface area contributed by atoms with Gasteiger partial charge >= 0.3 is 6.09 Å². The average molecular weight is 278 g/mol. The Morgan fingerprint density at radius 1 is 1.35 bits per heavy atom. The predicted molar refractivity (Wildman–Crippen MR) is 75.9 cm³/mol. The van der Waals surface area contributed by atoms with Gasteiger partial charge in [0.2, 0.25) is 5.88 Å². The lowest BCUT2D eigenvalue weighted by atomic mass is 9.76. The van der Waals surface area contributed by atoms with Crippen LogP contribution in [0.4, 0.5) is 4.79 Å². The number of nitrogens with zero attached hydrogens (tertiary/aromatic N) is 1. The summed E-state index contributed by atoms with van der Waals surface area (Å²) in [6, 6.07) is 4.08. The van der Waals surface area contributed by atoms with Gasteiger partial charge in [0.25, 0.3) is 0 Å². The standard InChI is InChI=1S/C15H22N2O3/c1-15(2,3)20-14(18)17-12-7-11(8-12)10-5-6-13(19-4)16-9-10/h5-6,9,11-12H,7-8H2,1-4H3,(H,17,18). The van der Waals surface area contributed by atoms with Crippen molar-refractivity contribution in [3.05, 3.63) is 23.9 Å². The van der Waals surface area contributed by atoms with E-state index in [-0.39, 0.29) is 12.1 Å². The Morgan fingerprint density at radius 3 is 2.55 bits per heavy atom. The average Bonchev–Trinajstić information content (AvgIpc) is 2.31. The molecule has 5 nitrogen and oxygen atoms in total. The third-order valence-electron chi connectivity index (χ3n) is 3.30. The maximum absolute atomic E-state index is 11.6. The van der Waals surface area contributed by atoms with E-state index in [9.17, 15) is 4.79 Å². The maximum atomic E-state index is 11.6. The Morgan fingerprint density at radius 2 is 2.05 bits per heavy atom. The molecule has 2 rings (SSSR count). The normalized spacial score (nSPS) is 21.8. The highest BCUT2D eigenvalue weighted by atomic mass is 16.6. The van der Waals surface area contributed by atoms with Crippen molar-refractivity contribution in [1.82, 2.24) is 10.3 Å². The summed E-state index contributed by atoms with van der Waals surface area (Å²) in [6.45, 7) is 5.58. The van der Waals surface area contributed by atoms with Crippen molar-refractivity contribution in [2.45, 2.75) is 51.2 Å². The summed E-state index contributed by atoms with van der Waals surface area (Å²) in [6.07, 6.45) is 3.35. The Labute approximate surface area is 119 Å². The van der Waals surface area contributed by atoms with Gasteiger partial charge in [-0.1, -0.05) is 6.07 Å². The highest BCUT2D eigenvalue weighted by Crippen LogP contribution is 2.36. The van der Waals surface area contributed by atoms with E-state index in [0.29, 0.717) is 11.8 Å². The second kappa shape index (κ2) is 5.69. The van der Waals surface area contributed by atoms with Gasteiger partial charge in [0.1, 0.15) is 5.60 Å². The highest BCUT2D eigenvalue weighted by Gasteiger charge is 2.32. The van der Waals surface area contributed by atoms with Gasteiger partial charge in [0.15, 0.2) is 0 Å². The molecular weight excluding hydrogens is 256 g/mol. The number of rotatable bonds is 3. The molecular formula is C15H22N2O3. The summed E-state index contributed by atoms with van der Waals surface area (Å²) in [5, 5.41) is 2.89. The van der Waals surface area contributed by atoms with Crippen LogP contribution in [0.3, 0.4) is 0 Å². The number of carbonyl (C=O) groups excluding carboxylic acids is 1. The quantitative estimate of drug-likeness (QED) is 0.923. The van der Waals surface area contributed by atoms with E-state index in [0.717, 1.165) is 12.8 Å². The van der Waals surface area contributed by atoms with E-state index in [1.807, 2.05) is 39.1 Å². The molecule has 110 valence electrons. The van der Waals surface area contributed by atoms with Crippen LogP contribution in [0.1, 0.15) is 45.1 Å². The number of pyridine rings is 1. The summed E-state index contributed by atoms with van der Waals surface area (Å²) in [5.41, 5.74) is 0.737. The molecule has 1 amide bonds. The van der Waals surface area contributed by atoms with Gasteiger partial charge in [0.05, 0.1) is 7.11 Å². The molecule has 0 spiro atoms. The molecule has 0 aromatic carbocycles. The van der Waals surface area contributed by atoms with Crippen LogP contribution in [0, 0.1) is 0 Å². The van der Waals surface area contributed by atoms with Gasteiger partial charge in [-0.15, -0.1) is 0 Å². The van der Waals surface area contributed by atoms with Crippen LogP contribution in [0.2, 0.25) is 0 Å². The Kier molecular flexibility index (Phi) is 4.16. The zero-order valence-electron chi connectivity index (χ0n) is 12.5. The highest BCUT2D eigenvalue weighted by molar-refractivity contribution is 5.68. The van der Waals surface area contributed by atoms with Crippen LogP contribution in [-0.4, -0.2) is 29.8 Å². The summed E-state index contributed by atoms with van der Waals surface area (Å²) in [4.78, 5) is 15.8. The van der Waals surface area contributed by atoms with Gasteiger partial charge in [-0.3, -0.25) is 0 Å². The van der Waals surface area contributed by atoms with Crippen molar-refractivity contribution >= 4 is 6.09 Å². The molecule has 0 saturated heterocycles. The lowest BCUT2D eigenvalue weighted by Crippen LogP contribution is -2.45. The van der Waals surface area contributed by atoms with Crippen LogP contribution in [0.5, 0.6) is 5.88 Å². The van der Waals surface area contributed by atoms with Crippen molar-refractivity contribution < 1.29 is 14.3 Å². The van der Waals surface area contributed by atoms with Crippen LogP contribution in [0.25, 0.3) is 0 Å². The smallest absolute Gasteiger partial charge is 0.407 e. The minimum absolute atomic E-state index is 0.192. The second-order valence-corrected chi connectivity index (χ2v) is 6.15. The molecule has 20 heavy (non-hydrogen) atoms. The molecule has 1 aromatic heterocycles. The Bertz CT molecular complexity index is 459. The molecule has 1 aliphatic rings. The molecule has 1 heterocycles. The number of nitrogens with one attached hydrogen (secondary N) is 1. The summed E-state index contributed by atoms with van der Waals surface area (Å²) < 4.78 is 10.3. The van der Waals surface area contributed by atoms with Crippen LogP contribution < -0.4 is 10.1 Å². The number of hydrogen-bond donors (Lipinski definition) is 1. The first-order valence-electron chi connectivity index (χ1n) is 6.87. The minimum Gasteiger partial charge on any atom is -0.481 e. The molecule has 0 aliphatic heterocycles. The van der Waals surface area contributed by atoms with Crippen molar-refractivity contribution in [2.24, 2.45) is 0 Å². The Balaban J connectivity index is 1.78. The summed E-state index contributed by atoms with van der Waals surface area (Å²) in [7, 11) is 1.60. The fourth-order valence-electron chi connectivity index (χ4n) is 2.24. The van der Waals surface area contributed by atoms with E-state index in [1.165, 1.54) is 5.56 Å². The number of alkyl carbamates (subject to hydrolysis) is 1. The van der Waals surface area contributed by atoms with Crippen molar-refractivity contribution in [3.8, 4) is 5.88 Å². The zero-order chi connectivity index (χ0) is 14.8. The molecule has 1 N–H and O–H groups in total. The van der Waals surface area contributed by atoms with Gasteiger partial charge in [-0.25, -0.2) is 9.78 Å². The van der Waals surface area contributed by atoms with E-state index in [1.54, 1.807) is 7.11 Å². The first-order valence-corrected chi connectivity index (χ1v) is 6.87. The third-order valence-corrected chi connectivity index (χ3v) is 3.30. The van der Waals surface area contributed by atoms with Crippen molar-refractivity contribution in [3.63, 3.8) is 0 Å². The first kappa shape index (κ1) is 14.6. The number of methoxy groups -OCH3 is 1. The molecule has 0 radical (unpaired) electrons. The van der Waals surface area contributed by atoms with E-state index in [2.05, 4.69) is 10.3 Å². The topological polar surface area (TPSA) is 60.5 Å². The van der Waals surface area contributed by atoms with Gasteiger partial charge < -0.3 is 14.8 Å². The SMILES string of the molecule is COc1ccc(C2CC(NC(=O)OC(C)(C)C)C2)cn1. The van der Waals surface area contributed by atoms with Gasteiger partial charge in [-0.2, -0.15) is 0 Å². The van der Waals surface area contributed by atoms with Gasteiger partial charge in [-0.05, 0) is 45.1 Å². The fraction of sp³-hybridized carbons (Fsp3) is 0.600. The fourth-order valence-corrected chi connectivity index (χ4v) is 2.24. The lowest BCUT2D eigenvalue weighted by molar-refractivity contribution is 0.0471. The summed E-state index contributed by atoms with van der Waals surface area (Å²) in [5.74, 6) is 1.07. The molecule has 0 unspecified atom stereocenters. The van der Waals surface area contributed by atoms with E-state index < -0.39 is 5.60 Å². The molecule has 1 aliphatic carbocycles. The number of carbonyl (C=O) groups is 1. The van der Waals surface area contributed by atoms with E-state index in [4.69, 9.17) is 9.47 Å². The number of aromatic nitrogens is 1.